The molecule has 1 amide bonds. The van der Waals surface area contributed by atoms with E-state index in [1.54, 1.807) is 0 Å². The van der Waals surface area contributed by atoms with Crippen LogP contribution in [-0.4, -0.2) is 60.4 Å². The summed E-state index contributed by atoms with van der Waals surface area (Å²) in [7, 11) is 0. The second-order valence-electron chi connectivity index (χ2n) is 5.16. The Morgan fingerprint density at radius 2 is 2.44 bits per heavy atom. The van der Waals surface area contributed by atoms with Crippen molar-refractivity contribution in [2.45, 2.75) is 30.8 Å². The topological polar surface area (TPSA) is 61.8 Å². The van der Waals surface area contributed by atoms with E-state index in [0.29, 0.717) is 19.2 Å². The van der Waals surface area contributed by atoms with Gasteiger partial charge in [0.25, 0.3) is 0 Å². The van der Waals surface area contributed by atoms with Gasteiger partial charge in [-0.3, -0.25) is 9.69 Å². The van der Waals surface area contributed by atoms with E-state index in [2.05, 4.69) is 16.8 Å². The van der Waals surface area contributed by atoms with Crippen molar-refractivity contribution in [3.05, 3.63) is 12.7 Å². The van der Waals surface area contributed by atoms with Crippen LogP contribution in [0.5, 0.6) is 0 Å². The number of ether oxygens (including phenoxy) is 1. The summed E-state index contributed by atoms with van der Waals surface area (Å²) in [6.45, 7) is 6.02. The molecule has 0 saturated carbocycles. The van der Waals surface area contributed by atoms with Gasteiger partial charge in [0.05, 0.1) is 25.4 Å². The molecular weight excluding hydrogens is 232 g/mol. The van der Waals surface area contributed by atoms with Gasteiger partial charge in [0.2, 0.25) is 5.91 Å². The highest BCUT2D eigenvalue weighted by Crippen LogP contribution is 2.30. The highest BCUT2D eigenvalue weighted by molar-refractivity contribution is 5.86. The number of rotatable bonds is 4. The monoisotopic (exact) mass is 254 g/mol. The fourth-order valence-corrected chi connectivity index (χ4v) is 2.93. The molecule has 0 aromatic carbocycles. The molecule has 2 atom stereocenters. The Labute approximate surface area is 108 Å². The lowest BCUT2D eigenvalue weighted by molar-refractivity contribution is -0.137. The van der Waals surface area contributed by atoms with E-state index in [1.807, 2.05) is 0 Å². The molecule has 0 bridgehead atoms. The van der Waals surface area contributed by atoms with Crippen LogP contribution in [0, 0.1) is 0 Å². The van der Waals surface area contributed by atoms with Crippen LogP contribution in [0.4, 0.5) is 0 Å². The molecular formula is C13H22N2O3. The van der Waals surface area contributed by atoms with Crippen LogP contribution < -0.4 is 5.32 Å². The fraction of sp³-hybridized carbons (Fsp3) is 0.769. The number of piperidine rings is 1. The van der Waals surface area contributed by atoms with Crippen LogP contribution in [0.1, 0.15) is 19.3 Å². The number of carbonyl (C=O) groups excluding carboxylic acids is 1. The quantitative estimate of drug-likeness (QED) is 0.688. The van der Waals surface area contributed by atoms with Gasteiger partial charge in [0.1, 0.15) is 0 Å². The van der Waals surface area contributed by atoms with Crippen molar-refractivity contribution in [3.63, 3.8) is 0 Å². The molecule has 0 aliphatic carbocycles. The van der Waals surface area contributed by atoms with Gasteiger partial charge in [-0.25, -0.2) is 0 Å². The summed E-state index contributed by atoms with van der Waals surface area (Å²) in [5, 5.41) is 12.6. The van der Waals surface area contributed by atoms with Crippen molar-refractivity contribution in [1.82, 2.24) is 10.2 Å². The molecule has 2 fully saturated rings. The number of aliphatic hydroxyl groups is 1. The number of nitrogens with zero attached hydrogens (tertiary/aromatic N) is 1. The van der Waals surface area contributed by atoms with Gasteiger partial charge in [-0.2, -0.15) is 0 Å². The summed E-state index contributed by atoms with van der Waals surface area (Å²) in [5.41, 5.74) is -0.470. The van der Waals surface area contributed by atoms with Crippen LogP contribution in [0.2, 0.25) is 0 Å². The second kappa shape index (κ2) is 5.82. The average Bonchev–Trinajstić information content (AvgIpc) is 2.44. The first-order valence-electron chi connectivity index (χ1n) is 6.57. The van der Waals surface area contributed by atoms with Crippen molar-refractivity contribution in [3.8, 4) is 0 Å². The maximum atomic E-state index is 11.3. The van der Waals surface area contributed by atoms with Crippen molar-refractivity contribution < 1.29 is 14.6 Å². The molecule has 5 heteroatoms. The standard InChI is InChI=1S/C13H22N2O3/c1-2-12(17)14-8-13(9-16)10-18-7-11-5-3-4-6-15(11)13/h2,11,16H,1,3-10H2,(H,14,17). The lowest BCUT2D eigenvalue weighted by atomic mass is 9.89. The molecule has 5 nitrogen and oxygen atoms in total. The molecule has 2 aliphatic heterocycles. The third kappa shape index (κ3) is 2.58. The number of amides is 1. The first kappa shape index (κ1) is 13.5. The van der Waals surface area contributed by atoms with Crippen molar-refractivity contribution >= 4 is 5.91 Å². The molecule has 2 saturated heterocycles. The number of carbonyl (C=O) groups is 1. The Balaban J connectivity index is 2.07. The maximum absolute atomic E-state index is 11.3. The average molecular weight is 254 g/mol. The largest absolute Gasteiger partial charge is 0.394 e. The molecule has 0 radical (unpaired) electrons. The van der Waals surface area contributed by atoms with Crippen LogP contribution >= 0.6 is 0 Å². The van der Waals surface area contributed by atoms with Crippen LogP contribution in [0.25, 0.3) is 0 Å². The molecule has 2 N–H and O–H groups in total. The van der Waals surface area contributed by atoms with Gasteiger partial charge in [-0.1, -0.05) is 13.0 Å². The lowest BCUT2D eigenvalue weighted by Gasteiger charge is -2.52. The zero-order valence-corrected chi connectivity index (χ0v) is 10.7. The minimum absolute atomic E-state index is 0.000916. The number of morpholine rings is 1. The van der Waals surface area contributed by atoms with Crippen molar-refractivity contribution in [1.29, 1.82) is 0 Å². The number of nitrogens with one attached hydrogen (secondary N) is 1. The SMILES string of the molecule is C=CC(=O)NCC1(CO)COCC2CCCCN21. The first-order valence-corrected chi connectivity index (χ1v) is 6.57. The summed E-state index contributed by atoms with van der Waals surface area (Å²) < 4.78 is 5.63. The predicted octanol–water partition coefficient (Wildman–Crippen LogP) is -0.0956. The minimum atomic E-state index is -0.470. The number of hydrogen-bond donors (Lipinski definition) is 2. The Morgan fingerprint density at radius 3 is 3.17 bits per heavy atom. The zero-order chi connectivity index (χ0) is 13.0. The van der Waals surface area contributed by atoms with Crippen LogP contribution in [-0.2, 0) is 9.53 Å². The summed E-state index contributed by atoms with van der Waals surface area (Å²) in [4.78, 5) is 13.6. The Hall–Kier alpha value is -0.910. The Morgan fingerprint density at radius 1 is 1.61 bits per heavy atom. The fourth-order valence-electron chi connectivity index (χ4n) is 2.93. The number of aliphatic hydroxyl groups excluding tert-OH is 1. The summed E-state index contributed by atoms with van der Waals surface area (Å²) in [6, 6.07) is 0.375. The van der Waals surface area contributed by atoms with E-state index >= 15 is 0 Å². The third-order valence-corrected chi connectivity index (χ3v) is 3.99. The van der Waals surface area contributed by atoms with Gasteiger partial charge >= 0.3 is 0 Å². The highest BCUT2D eigenvalue weighted by atomic mass is 16.5. The molecule has 2 aliphatic rings. The highest BCUT2D eigenvalue weighted by Gasteiger charge is 2.44. The molecule has 0 aromatic rings. The maximum Gasteiger partial charge on any atom is 0.243 e. The summed E-state index contributed by atoms with van der Waals surface area (Å²) >= 11 is 0. The van der Waals surface area contributed by atoms with E-state index < -0.39 is 5.54 Å². The molecule has 102 valence electrons. The zero-order valence-electron chi connectivity index (χ0n) is 10.7. The second-order valence-corrected chi connectivity index (χ2v) is 5.16. The van der Waals surface area contributed by atoms with E-state index in [-0.39, 0.29) is 12.5 Å². The Bertz CT molecular complexity index is 319. The van der Waals surface area contributed by atoms with Gasteiger partial charge in [0, 0.05) is 12.6 Å². The van der Waals surface area contributed by atoms with E-state index in [4.69, 9.17) is 4.74 Å². The van der Waals surface area contributed by atoms with Gasteiger partial charge in [-0.15, -0.1) is 0 Å². The van der Waals surface area contributed by atoms with Gasteiger partial charge in [-0.05, 0) is 25.5 Å². The smallest absolute Gasteiger partial charge is 0.243 e. The molecule has 2 heterocycles. The van der Waals surface area contributed by atoms with Gasteiger partial charge in [0.15, 0.2) is 0 Å². The van der Waals surface area contributed by atoms with E-state index in [9.17, 15) is 9.90 Å². The first-order chi connectivity index (χ1) is 8.72. The number of hydrogen-bond acceptors (Lipinski definition) is 4. The van der Waals surface area contributed by atoms with Crippen molar-refractivity contribution in [2.75, 3.05) is 32.9 Å². The molecule has 0 spiro atoms. The van der Waals surface area contributed by atoms with Crippen LogP contribution in [0.15, 0.2) is 12.7 Å². The summed E-state index contributed by atoms with van der Waals surface area (Å²) in [6.07, 6.45) is 4.72. The predicted molar refractivity (Wildman–Crippen MR) is 68.2 cm³/mol. The molecule has 2 rings (SSSR count). The van der Waals surface area contributed by atoms with Crippen LogP contribution in [0.3, 0.4) is 0 Å². The Kier molecular flexibility index (Phi) is 4.37. The van der Waals surface area contributed by atoms with E-state index in [0.717, 1.165) is 26.0 Å². The lowest BCUT2D eigenvalue weighted by Crippen LogP contribution is -2.68. The van der Waals surface area contributed by atoms with Crippen molar-refractivity contribution in [2.24, 2.45) is 0 Å². The molecule has 0 aromatic heterocycles. The van der Waals surface area contributed by atoms with E-state index in [1.165, 1.54) is 12.5 Å². The summed E-state index contributed by atoms with van der Waals surface area (Å²) in [5.74, 6) is -0.207. The van der Waals surface area contributed by atoms with Gasteiger partial charge < -0.3 is 15.2 Å². The number of fused-ring (bicyclic) bond motifs is 1. The molecule has 2 unspecified atom stereocenters. The minimum Gasteiger partial charge on any atom is -0.394 e. The normalized spacial score (nSPS) is 32.6. The molecule has 18 heavy (non-hydrogen) atoms. The third-order valence-electron chi connectivity index (χ3n) is 3.99.